The van der Waals surface area contributed by atoms with Gasteiger partial charge in [0.05, 0.1) is 0 Å². The fourth-order valence-electron chi connectivity index (χ4n) is 2.78. The quantitative estimate of drug-likeness (QED) is 0.731. The molecule has 0 aliphatic heterocycles. The van der Waals surface area contributed by atoms with Crippen molar-refractivity contribution < 1.29 is 14.7 Å². The molecule has 0 heterocycles. The van der Waals surface area contributed by atoms with Gasteiger partial charge in [-0.05, 0) is 31.6 Å². The van der Waals surface area contributed by atoms with Gasteiger partial charge in [0.15, 0.2) is 0 Å². The average molecular weight is 268 g/mol. The van der Waals surface area contributed by atoms with E-state index in [1.165, 1.54) is 19.3 Å². The molecule has 1 atom stereocenters. The Labute approximate surface area is 114 Å². The van der Waals surface area contributed by atoms with E-state index in [1.807, 2.05) is 0 Å². The van der Waals surface area contributed by atoms with Crippen molar-refractivity contribution in [3.8, 4) is 0 Å². The number of carboxylic acid groups (broad SMARTS) is 1. The number of nitrogens with one attached hydrogen (secondary N) is 2. The van der Waals surface area contributed by atoms with Crippen molar-refractivity contribution in [2.45, 2.75) is 69.9 Å². The fraction of sp³-hybridized carbons (Fsp3) is 0.857. The van der Waals surface area contributed by atoms with E-state index in [1.54, 1.807) is 0 Å². The van der Waals surface area contributed by atoms with Crippen LogP contribution >= 0.6 is 0 Å². The van der Waals surface area contributed by atoms with Crippen LogP contribution in [0.1, 0.15) is 57.8 Å². The van der Waals surface area contributed by atoms with Crippen molar-refractivity contribution in [1.29, 1.82) is 0 Å². The maximum atomic E-state index is 11.9. The van der Waals surface area contributed by atoms with Gasteiger partial charge in [0, 0.05) is 6.04 Å². The van der Waals surface area contributed by atoms with Crippen LogP contribution in [0.3, 0.4) is 0 Å². The smallest absolute Gasteiger partial charge is 0.326 e. The summed E-state index contributed by atoms with van der Waals surface area (Å²) in [6.45, 7) is 0. The molecule has 2 aliphatic carbocycles. The van der Waals surface area contributed by atoms with Crippen molar-refractivity contribution in [1.82, 2.24) is 10.6 Å². The number of carbonyl (C=O) groups excluding carboxylic acids is 1. The minimum Gasteiger partial charge on any atom is -0.480 e. The Balaban J connectivity index is 1.76. The zero-order chi connectivity index (χ0) is 13.7. The maximum absolute atomic E-state index is 11.9. The Bertz CT molecular complexity index is 321. The molecule has 0 saturated heterocycles. The summed E-state index contributed by atoms with van der Waals surface area (Å²) in [7, 11) is 0. The Kier molecular flexibility index (Phi) is 5.05. The molecule has 5 nitrogen and oxygen atoms in total. The van der Waals surface area contributed by atoms with Crippen molar-refractivity contribution in [2.75, 3.05) is 0 Å². The predicted molar refractivity (Wildman–Crippen MR) is 71.9 cm³/mol. The summed E-state index contributed by atoms with van der Waals surface area (Å²) < 4.78 is 0. The summed E-state index contributed by atoms with van der Waals surface area (Å²) >= 11 is 0. The second-order valence-electron chi connectivity index (χ2n) is 5.81. The molecular weight excluding hydrogens is 244 g/mol. The van der Waals surface area contributed by atoms with Crippen LogP contribution in [0.2, 0.25) is 0 Å². The van der Waals surface area contributed by atoms with Gasteiger partial charge >= 0.3 is 12.0 Å². The summed E-state index contributed by atoms with van der Waals surface area (Å²) in [5, 5.41) is 14.6. The first-order chi connectivity index (χ1) is 9.16. The minimum atomic E-state index is -0.921. The number of urea groups is 1. The van der Waals surface area contributed by atoms with Crippen LogP contribution in [-0.2, 0) is 4.79 Å². The van der Waals surface area contributed by atoms with Crippen molar-refractivity contribution >= 4 is 12.0 Å². The number of hydrogen-bond acceptors (Lipinski definition) is 2. The summed E-state index contributed by atoms with van der Waals surface area (Å²) in [4.78, 5) is 22.9. The fourth-order valence-corrected chi connectivity index (χ4v) is 2.78. The van der Waals surface area contributed by atoms with Crippen molar-refractivity contribution in [2.24, 2.45) is 5.92 Å². The van der Waals surface area contributed by atoms with E-state index in [-0.39, 0.29) is 18.0 Å². The molecule has 3 N–H and O–H groups in total. The lowest BCUT2D eigenvalue weighted by atomic mass is 9.97. The highest BCUT2D eigenvalue weighted by Crippen LogP contribution is 2.32. The topological polar surface area (TPSA) is 78.4 Å². The van der Waals surface area contributed by atoms with Crippen LogP contribution < -0.4 is 10.6 Å². The third-order valence-corrected chi connectivity index (χ3v) is 4.09. The Morgan fingerprint density at radius 1 is 0.947 bits per heavy atom. The van der Waals surface area contributed by atoms with E-state index < -0.39 is 12.0 Å². The largest absolute Gasteiger partial charge is 0.480 e. The van der Waals surface area contributed by atoms with Crippen molar-refractivity contribution in [3.63, 3.8) is 0 Å². The van der Waals surface area contributed by atoms with Gasteiger partial charge in [-0.1, -0.05) is 32.1 Å². The van der Waals surface area contributed by atoms with Gasteiger partial charge in [-0.15, -0.1) is 0 Å². The third-order valence-electron chi connectivity index (χ3n) is 4.09. The molecule has 2 aliphatic rings. The normalized spacial score (nSPS) is 22.9. The first-order valence-corrected chi connectivity index (χ1v) is 7.46. The molecular formula is C14H24N2O3. The second-order valence-corrected chi connectivity index (χ2v) is 5.81. The summed E-state index contributed by atoms with van der Waals surface area (Å²) in [6.07, 6.45) is 9.89. The van der Waals surface area contributed by atoms with E-state index in [2.05, 4.69) is 10.6 Å². The van der Waals surface area contributed by atoms with Crippen molar-refractivity contribution in [3.05, 3.63) is 0 Å². The first-order valence-electron chi connectivity index (χ1n) is 7.46. The molecule has 19 heavy (non-hydrogen) atoms. The third kappa shape index (κ3) is 4.73. The number of carbonyl (C=O) groups is 2. The zero-order valence-electron chi connectivity index (χ0n) is 11.4. The predicted octanol–water partition coefficient (Wildman–Crippen LogP) is 2.26. The molecule has 0 aromatic rings. The lowest BCUT2D eigenvalue weighted by Crippen LogP contribution is -2.50. The molecule has 0 aromatic carbocycles. The van der Waals surface area contributed by atoms with E-state index in [0.29, 0.717) is 0 Å². The Morgan fingerprint density at radius 3 is 2.05 bits per heavy atom. The lowest BCUT2D eigenvalue weighted by molar-refractivity contribution is -0.139. The molecule has 1 unspecified atom stereocenters. The molecule has 108 valence electrons. The highest BCUT2D eigenvalue weighted by atomic mass is 16.4. The molecule has 2 rings (SSSR count). The number of hydrogen-bond donors (Lipinski definition) is 3. The van der Waals surface area contributed by atoms with Crippen LogP contribution in [0.4, 0.5) is 4.79 Å². The molecule has 5 heteroatoms. The number of carboxylic acids is 1. The van der Waals surface area contributed by atoms with Gasteiger partial charge in [0.25, 0.3) is 0 Å². The van der Waals surface area contributed by atoms with Gasteiger partial charge in [0.2, 0.25) is 0 Å². The molecule has 0 aromatic heterocycles. The lowest BCUT2D eigenvalue weighted by Gasteiger charge is -2.22. The minimum absolute atomic E-state index is 0.126. The van der Waals surface area contributed by atoms with Crippen LogP contribution in [0.15, 0.2) is 0 Å². The van der Waals surface area contributed by atoms with E-state index >= 15 is 0 Å². The molecule has 0 spiro atoms. The average Bonchev–Trinajstić information content (AvgIpc) is 3.13. The van der Waals surface area contributed by atoms with Gasteiger partial charge < -0.3 is 15.7 Å². The van der Waals surface area contributed by atoms with Crippen LogP contribution in [-0.4, -0.2) is 29.2 Å². The molecule has 0 radical (unpaired) electrons. The highest BCUT2D eigenvalue weighted by molar-refractivity contribution is 5.83. The molecule has 0 bridgehead atoms. The van der Waals surface area contributed by atoms with Crippen LogP contribution in [0.5, 0.6) is 0 Å². The summed E-state index contributed by atoms with van der Waals surface area (Å²) in [5.74, 6) is -0.795. The standard InChI is InChI=1S/C14H24N2O3/c17-13(18)12(10-8-9-10)16-14(19)15-11-6-4-2-1-3-5-7-11/h10-12H,1-9H2,(H,17,18)(H2,15,16,19). The van der Waals surface area contributed by atoms with E-state index in [9.17, 15) is 9.59 Å². The van der Waals surface area contributed by atoms with Gasteiger partial charge in [-0.25, -0.2) is 9.59 Å². The SMILES string of the molecule is O=C(NC1CCCCCCC1)NC(C(=O)O)C1CC1. The highest BCUT2D eigenvalue weighted by Gasteiger charge is 2.37. The Hall–Kier alpha value is -1.26. The van der Waals surface area contributed by atoms with Gasteiger partial charge in [0.1, 0.15) is 6.04 Å². The molecule has 2 amide bonds. The second kappa shape index (κ2) is 6.78. The Morgan fingerprint density at radius 2 is 1.53 bits per heavy atom. The first kappa shape index (κ1) is 14.2. The molecule has 2 fully saturated rings. The molecule has 2 saturated carbocycles. The van der Waals surface area contributed by atoms with Gasteiger partial charge in [-0.2, -0.15) is 0 Å². The van der Waals surface area contributed by atoms with E-state index in [4.69, 9.17) is 5.11 Å². The number of rotatable bonds is 4. The summed E-state index contributed by atoms with van der Waals surface area (Å²) in [6, 6.07) is -0.827. The van der Waals surface area contributed by atoms with Gasteiger partial charge in [-0.3, -0.25) is 0 Å². The van der Waals surface area contributed by atoms with Crippen LogP contribution in [0, 0.1) is 5.92 Å². The summed E-state index contributed by atoms with van der Waals surface area (Å²) in [5.41, 5.74) is 0. The van der Waals surface area contributed by atoms with Crippen LogP contribution in [0.25, 0.3) is 0 Å². The zero-order valence-corrected chi connectivity index (χ0v) is 11.4. The monoisotopic (exact) mass is 268 g/mol. The maximum Gasteiger partial charge on any atom is 0.326 e. The number of amides is 2. The van der Waals surface area contributed by atoms with E-state index in [0.717, 1.165) is 38.5 Å². The number of aliphatic carboxylic acids is 1.